The van der Waals surface area contributed by atoms with Crippen LogP contribution in [0.25, 0.3) is 10.8 Å². The number of nitrogens with zero attached hydrogens (tertiary/aromatic N) is 3. The Morgan fingerprint density at radius 2 is 1.09 bits per heavy atom. The van der Waals surface area contributed by atoms with Gasteiger partial charge in [-0.25, -0.2) is 0 Å². The first-order chi connectivity index (χ1) is 16.0. The number of rotatable bonds is 7. The summed E-state index contributed by atoms with van der Waals surface area (Å²) in [5.41, 5.74) is 1.26. The molecule has 3 aliphatic rings. The zero-order valence-corrected chi connectivity index (χ0v) is 18.2. The number of carbonyl (C=O) groups excluding carboxylic acids is 4. The molecule has 0 atom stereocenters. The molecule has 0 spiro atoms. The summed E-state index contributed by atoms with van der Waals surface area (Å²) in [5, 5.41) is 9.86. The molecule has 9 heteroatoms. The normalized spacial score (nSPS) is 18.6. The van der Waals surface area contributed by atoms with Gasteiger partial charge in [-0.2, -0.15) is 0 Å². The maximum Gasteiger partial charge on any atom is 0.261 e. The molecule has 0 unspecified atom stereocenters. The van der Waals surface area contributed by atoms with Gasteiger partial charge in [-0.15, -0.1) is 0 Å². The van der Waals surface area contributed by atoms with Gasteiger partial charge in [0.25, 0.3) is 23.6 Å². The molecule has 33 heavy (non-hydrogen) atoms. The van der Waals surface area contributed by atoms with E-state index < -0.39 is 23.6 Å². The minimum atomic E-state index is -0.475. The summed E-state index contributed by atoms with van der Waals surface area (Å²) in [4.78, 5) is 57.1. The van der Waals surface area contributed by atoms with Crippen LogP contribution in [0.1, 0.15) is 54.3 Å². The number of aliphatic hydroxyl groups excluding tert-OH is 1. The second-order valence-corrected chi connectivity index (χ2v) is 8.48. The van der Waals surface area contributed by atoms with Gasteiger partial charge in [0.15, 0.2) is 0 Å². The van der Waals surface area contributed by atoms with Gasteiger partial charge in [0, 0.05) is 72.4 Å². The van der Waals surface area contributed by atoms with Crippen molar-refractivity contribution in [3.63, 3.8) is 0 Å². The number of carbonyl (C=O) groups is 4. The molecule has 1 N–H and O–H groups in total. The first kappa shape index (κ1) is 21.7. The Balaban J connectivity index is 1.46. The van der Waals surface area contributed by atoms with E-state index >= 15 is 0 Å². The van der Waals surface area contributed by atoms with Crippen LogP contribution in [0, 0.1) is 0 Å². The van der Waals surface area contributed by atoms with Gasteiger partial charge in [-0.05, 0) is 37.1 Å². The molecule has 0 radical (unpaired) electrons. The van der Waals surface area contributed by atoms with Crippen LogP contribution < -0.4 is 0 Å². The minimum Gasteiger partial charge on any atom is -0.396 e. The van der Waals surface area contributed by atoms with Gasteiger partial charge >= 0.3 is 0 Å². The predicted molar refractivity (Wildman–Crippen MR) is 118 cm³/mol. The average Bonchev–Trinajstić information content (AvgIpc) is 2.84. The van der Waals surface area contributed by atoms with Crippen molar-refractivity contribution >= 4 is 34.4 Å². The maximum atomic E-state index is 13.3. The lowest BCUT2D eigenvalue weighted by molar-refractivity contribution is 0.0352. The predicted octanol–water partition coefficient (Wildman–Crippen LogP) is 1.14. The Morgan fingerprint density at radius 3 is 1.52 bits per heavy atom. The lowest BCUT2D eigenvalue weighted by Crippen LogP contribution is -2.44. The molecule has 0 bridgehead atoms. The smallest absolute Gasteiger partial charge is 0.261 e. The van der Waals surface area contributed by atoms with E-state index in [0.717, 1.165) is 24.5 Å². The maximum absolute atomic E-state index is 13.3. The Bertz CT molecular complexity index is 1100. The molecular weight excluding hydrogens is 426 g/mol. The van der Waals surface area contributed by atoms with E-state index in [-0.39, 0.29) is 19.6 Å². The summed E-state index contributed by atoms with van der Waals surface area (Å²) in [6.07, 6.45) is 0.936. The summed E-state index contributed by atoms with van der Waals surface area (Å²) in [6.45, 7) is 4.10. The monoisotopic (exact) mass is 451 g/mol. The van der Waals surface area contributed by atoms with E-state index in [4.69, 9.17) is 9.84 Å². The van der Waals surface area contributed by atoms with Crippen molar-refractivity contribution in [2.45, 2.75) is 12.8 Å². The second-order valence-electron chi connectivity index (χ2n) is 8.48. The first-order valence-electron chi connectivity index (χ1n) is 11.3. The number of hydrogen-bond acceptors (Lipinski definition) is 7. The molecule has 9 nitrogen and oxygen atoms in total. The molecule has 172 valence electrons. The van der Waals surface area contributed by atoms with Gasteiger partial charge in [0.05, 0.1) is 13.2 Å². The molecule has 0 saturated carbocycles. The summed E-state index contributed by atoms with van der Waals surface area (Å²) >= 11 is 0. The van der Waals surface area contributed by atoms with E-state index in [1.54, 1.807) is 24.3 Å². The number of amides is 4. The SMILES string of the molecule is O=C1c2ccc3c4c(ccc(c24)C(=O)N1CCCO)C(=O)N(CCCN1CCOCC1)C3=O. The fourth-order valence-electron chi connectivity index (χ4n) is 4.89. The van der Waals surface area contributed by atoms with Gasteiger partial charge in [-0.3, -0.25) is 33.9 Å². The highest BCUT2D eigenvalue weighted by Gasteiger charge is 2.39. The van der Waals surface area contributed by atoms with Crippen molar-refractivity contribution in [1.29, 1.82) is 0 Å². The topological polar surface area (TPSA) is 107 Å². The van der Waals surface area contributed by atoms with Crippen LogP contribution in [0.3, 0.4) is 0 Å². The number of benzene rings is 2. The van der Waals surface area contributed by atoms with Crippen molar-refractivity contribution in [2.75, 3.05) is 52.5 Å². The van der Waals surface area contributed by atoms with E-state index in [2.05, 4.69) is 4.90 Å². The van der Waals surface area contributed by atoms with Crippen LogP contribution in [0.5, 0.6) is 0 Å². The highest BCUT2D eigenvalue weighted by Crippen LogP contribution is 2.37. The number of morpholine rings is 1. The van der Waals surface area contributed by atoms with Gasteiger partial charge < -0.3 is 9.84 Å². The fraction of sp³-hybridized carbons (Fsp3) is 0.417. The van der Waals surface area contributed by atoms with Crippen LogP contribution in [-0.2, 0) is 4.74 Å². The van der Waals surface area contributed by atoms with Gasteiger partial charge in [0.2, 0.25) is 0 Å². The molecule has 4 amide bonds. The first-order valence-corrected chi connectivity index (χ1v) is 11.3. The van der Waals surface area contributed by atoms with E-state index in [9.17, 15) is 19.2 Å². The van der Waals surface area contributed by atoms with E-state index in [1.807, 2.05) is 0 Å². The zero-order chi connectivity index (χ0) is 23.1. The van der Waals surface area contributed by atoms with Crippen molar-refractivity contribution in [3.05, 3.63) is 46.5 Å². The van der Waals surface area contributed by atoms with Crippen molar-refractivity contribution in [2.24, 2.45) is 0 Å². The number of imide groups is 2. The third-order valence-electron chi connectivity index (χ3n) is 6.56. The summed E-state index contributed by atoms with van der Waals surface area (Å²) in [7, 11) is 0. The van der Waals surface area contributed by atoms with Crippen molar-refractivity contribution in [1.82, 2.24) is 14.7 Å². The quantitative estimate of drug-likeness (QED) is 0.629. The molecule has 3 aliphatic heterocycles. The highest BCUT2D eigenvalue weighted by molar-refractivity contribution is 6.33. The largest absolute Gasteiger partial charge is 0.396 e. The number of hydrogen-bond donors (Lipinski definition) is 1. The Labute approximate surface area is 190 Å². The van der Waals surface area contributed by atoms with E-state index in [0.29, 0.717) is 59.2 Å². The van der Waals surface area contributed by atoms with E-state index in [1.165, 1.54) is 4.90 Å². The molecule has 1 saturated heterocycles. The lowest BCUT2D eigenvalue weighted by Gasteiger charge is -2.32. The van der Waals surface area contributed by atoms with Crippen LogP contribution in [0.2, 0.25) is 0 Å². The molecule has 0 aromatic heterocycles. The lowest BCUT2D eigenvalue weighted by atomic mass is 9.86. The van der Waals surface area contributed by atoms with Gasteiger partial charge in [-0.1, -0.05) is 0 Å². The molecule has 0 aliphatic carbocycles. The Hall–Kier alpha value is -3.14. The molecule has 1 fully saturated rings. The standard InChI is InChI=1S/C24H25N3O6/c28-12-2-9-27-23(31)17-5-3-15-19-16(4-6-18(20(17)19)24(27)32)22(30)26(21(15)29)8-1-7-25-10-13-33-14-11-25/h3-6,28H,1-2,7-14H2. The summed E-state index contributed by atoms with van der Waals surface area (Å²) < 4.78 is 5.35. The number of ether oxygens (including phenoxy) is 1. The third-order valence-corrected chi connectivity index (χ3v) is 6.56. The Kier molecular flexibility index (Phi) is 5.69. The molecular formula is C24H25N3O6. The average molecular weight is 451 g/mol. The van der Waals surface area contributed by atoms with Gasteiger partial charge in [0.1, 0.15) is 0 Å². The van der Waals surface area contributed by atoms with Crippen molar-refractivity contribution in [3.8, 4) is 0 Å². The molecule has 2 aromatic rings. The second kappa shape index (κ2) is 8.66. The highest BCUT2D eigenvalue weighted by atomic mass is 16.5. The molecule has 3 heterocycles. The Morgan fingerprint density at radius 1 is 0.667 bits per heavy atom. The summed E-state index contributed by atoms with van der Waals surface area (Å²) in [5.74, 6) is -1.75. The fourth-order valence-corrected chi connectivity index (χ4v) is 4.89. The van der Waals surface area contributed by atoms with Crippen molar-refractivity contribution < 1.29 is 29.0 Å². The number of aliphatic hydroxyl groups is 1. The molecule has 5 rings (SSSR count). The third kappa shape index (κ3) is 3.52. The zero-order valence-electron chi connectivity index (χ0n) is 18.2. The van der Waals surface area contributed by atoms with Crippen LogP contribution in [0.15, 0.2) is 24.3 Å². The minimum absolute atomic E-state index is 0.105. The van der Waals surface area contributed by atoms with Crippen LogP contribution >= 0.6 is 0 Å². The molecule has 2 aromatic carbocycles. The summed E-state index contributed by atoms with van der Waals surface area (Å²) in [6, 6.07) is 6.27. The van der Waals surface area contributed by atoms with Crippen LogP contribution in [0.4, 0.5) is 0 Å². The van der Waals surface area contributed by atoms with Crippen LogP contribution in [-0.4, -0.2) is 96.0 Å².